The molecule has 0 amide bonds. The molecule has 3 N–H and O–H groups in total. The SMILES string of the molecule is Cc1ccc(C(CN)Nc2cccc3cc(Br)cnc23)o1. The first-order valence-electron chi connectivity index (χ1n) is 6.74. The maximum absolute atomic E-state index is 5.88. The highest BCUT2D eigenvalue weighted by Gasteiger charge is 2.15. The largest absolute Gasteiger partial charge is 0.464 e. The van der Waals surface area contributed by atoms with Crippen molar-refractivity contribution in [2.75, 3.05) is 11.9 Å². The molecule has 0 aliphatic carbocycles. The number of nitrogens with zero attached hydrogens (tertiary/aromatic N) is 1. The number of aromatic nitrogens is 1. The molecule has 0 radical (unpaired) electrons. The van der Waals surface area contributed by atoms with E-state index in [9.17, 15) is 0 Å². The second-order valence-electron chi connectivity index (χ2n) is 4.91. The van der Waals surface area contributed by atoms with Gasteiger partial charge in [0.1, 0.15) is 11.5 Å². The Morgan fingerprint density at radius 1 is 1.33 bits per heavy atom. The number of halogens is 1. The number of furan rings is 1. The summed E-state index contributed by atoms with van der Waals surface area (Å²) in [6.07, 6.45) is 1.79. The van der Waals surface area contributed by atoms with Crippen LogP contribution in [-0.2, 0) is 0 Å². The van der Waals surface area contributed by atoms with Crippen molar-refractivity contribution in [1.82, 2.24) is 4.98 Å². The third-order valence-electron chi connectivity index (χ3n) is 3.35. The minimum atomic E-state index is -0.0743. The van der Waals surface area contributed by atoms with Crippen LogP contribution in [0.3, 0.4) is 0 Å². The van der Waals surface area contributed by atoms with Gasteiger partial charge in [0, 0.05) is 22.6 Å². The van der Waals surface area contributed by atoms with Gasteiger partial charge in [-0.2, -0.15) is 0 Å². The summed E-state index contributed by atoms with van der Waals surface area (Å²) in [6.45, 7) is 2.37. The van der Waals surface area contributed by atoms with Crippen LogP contribution < -0.4 is 11.1 Å². The minimum Gasteiger partial charge on any atom is -0.464 e. The Balaban J connectivity index is 1.96. The number of nitrogens with one attached hydrogen (secondary N) is 1. The fraction of sp³-hybridized carbons (Fsp3) is 0.188. The smallest absolute Gasteiger partial charge is 0.127 e. The van der Waals surface area contributed by atoms with Crippen LogP contribution in [0.25, 0.3) is 10.9 Å². The molecule has 4 nitrogen and oxygen atoms in total. The number of hydrogen-bond acceptors (Lipinski definition) is 4. The number of anilines is 1. The third-order valence-corrected chi connectivity index (χ3v) is 3.78. The van der Waals surface area contributed by atoms with Crippen LogP contribution in [0.1, 0.15) is 17.6 Å². The summed E-state index contributed by atoms with van der Waals surface area (Å²) in [5, 5.41) is 4.49. The van der Waals surface area contributed by atoms with E-state index in [2.05, 4.69) is 26.2 Å². The van der Waals surface area contributed by atoms with Gasteiger partial charge < -0.3 is 15.5 Å². The predicted octanol–water partition coefficient (Wildman–Crippen LogP) is 4.01. The number of pyridine rings is 1. The number of benzene rings is 1. The van der Waals surface area contributed by atoms with Crippen LogP contribution in [0.4, 0.5) is 5.69 Å². The fourth-order valence-corrected chi connectivity index (χ4v) is 2.67. The third kappa shape index (κ3) is 2.94. The van der Waals surface area contributed by atoms with E-state index in [1.807, 2.05) is 43.3 Å². The van der Waals surface area contributed by atoms with Gasteiger partial charge in [-0.1, -0.05) is 12.1 Å². The van der Waals surface area contributed by atoms with Gasteiger partial charge in [0.05, 0.1) is 17.2 Å². The van der Waals surface area contributed by atoms with Gasteiger partial charge in [0.15, 0.2) is 0 Å². The van der Waals surface area contributed by atoms with E-state index in [-0.39, 0.29) is 6.04 Å². The molecule has 0 saturated carbocycles. The highest BCUT2D eigenvalue weighted by Crippen LogP contribution is 2.27. The van der Waals surface area contributed by atoms with Gasteiger partial charge in [-0.25, -0.2) is 0 Å². The maximum Gasteiger partial charge on any atom is 0.127 e. The molecule has 0 aliphatic rings. The van der Waals surface area contributed by atoms with Crippen LogP contribution >= 0.6 is 15.9 Å². The molecule has 0 fully saturated rings. The minimum absolute atomic E-state index is 0.0743. The lowest BCUT2D eigenvalue weighted by Gasteiger charge is -2.17. The van der Waals surface area contributed by atoms with E-state index in [1.165, 1.54) is 0 Å². The van der Waals surface area contributed by atoms with Gasteiger partial charge in [-0.3, -0.25) is 4.98 Å². The van der Waals surface area contributed by atoms with Crippen LogP contribution in [0.15, 0.2) is 51.5 Å². The Morgan fingerprint density at radius 3 is 2.90 bits per heavy atom. The monoisotopic (exact) mass is 345 g/mol. The van der Waals surface area contributed by atoms with E-state index in [0.29, 0.717) is 6.54 Å². The molecule has 1 atom stereocenters. The zero-order chi connectivity index (χ0) is 14.8. The number of aryl methyl sites for hydroxylation is 1. The highest BCUT2D eigenvalue weighted by molar-refractivity contribution is 9.10. The first-order chi connectivity index (χ1) is 10.2. The first-order valence-corrected chi connectivity index (χ1v) is 7.54. The topological polar surface area (TPSA) is 64.1 Å². The molecule has 3 rings (SSSR count). The average molecular weight is 346 g/mol. The molecular weight excluding hydrogens is 330 g/mol. The second kappa shape index (κ2) is 5.87. The number of para-hydroxylation sites is 1. The highest BCUT2D eigenvalue weighted by atomic mass is 79.9. The van der Waals surface area contributed by atoms with Gasteiger partial charge in [0.25, 0.3) is 0 Å². The maximum atomic E-state index is 5.88. The number of rotatable bonds is 4. The van der Waals surface area contributed by atoms with Crippen molar-refractivity contribution >= 4 is 32.5 Å². The van der Waals surface area contributed by atoms with E-state index < -0.39 is 0 Å². The predicted molar refractivity (Wildman–Crippen MR) is 88.3 cm³/mol. The Bertz CT molecular complexity index is 769. The summed E-state index contributed by atoms with van der Waals surface area (Å²) in [6, 6.07) is 11.9. The van der Waals surface area contributed by atoms with Crippen LogP contribution in [0.2, 0.25) is 0 Å². The zero-order valence-electron chi connectivity index (χ0n) is 11.6. The lowest BCUT2D eigenvalue weighted by molar-refractivity contribution is 0.459. The Labute approximate surface area is 131 Å². The molecule has 1 aromatic carbocycles. The van der Waals surface area contributed by atoms with Gasteiger partial charge in [-0.15, -0.1) is 0 Å². The van der Waals surface area contributed by atoms with Gasteiger partial charge in [-0.05, 0) is 47.1 Å². The van der Waals surface area contributed by atoms with Crippen molar-refractivity contribution in [3.63, 3.8) is 0 Å². The van der Waals surface area contributed by atoms with Gasteiger partial charge >= 0.3 is 0 Å². The standard InChI is InChI=1S/C16H16BrN3O/c1-10-5-6-15(21-10)14(8-18)20-13-4-2-3-11-7-12(17)9-19-16(11)13/h2-7,9,14,20H,8,18H2,1H3. The Morgan fingerprint density at radius 2 is 2.19 bits per heavy atom. The van der Waals surface area contributed by atoms with E-state index >= 15 is 0 Å². The molecule has 0 bridgehead atoms. The van der Waals surface area contributed by atoms with Crippen molar-refractivity contribution in [2.45, 2.75) is 13.0 Å². The Kier molecular flexibility index (Phi) is 3.94. The van der Waals surface area contributed by atoms with Crippen molar-refractivity contribution in [3.05, 3.63) is 58.6 Å². The molecule has 21 heavy (non-hydrogen) atoms. The second-order valence-corrected chi connectivity index (χ2v) is 5.83. The average Bonchev–Trinajstić information content (AvgIpc) is 2.90. The number of fused-ring (bicyclic) bond motifs is 1. The van der Waals surface area contributed by atoms with Crippen molar-refractivity contribution in [1.29, 1.82) is 0 Å². The van der Waals surface area contributed by atoms with Crippen LogP contribution in [0.5, 0.6) is 0 Å². The molecular formula is C16H16BrN3O. The first kappa shape index (κ1) is 14.1. The molecule has 1 unspecified atom stereocenters. The summed E-state index contributed by atoms with van der Waals surface area (Å²) in [4.78, 5) is 4.49. The number of nitrogens with two attached hydrogens (primary N) is 1. The molecule has 108 valence electrons. The molecule has 2 heterocycles. The van der Waals surface area contributed by atoms with Crippen molar-refractivity contribution in [3.8, 4) is 0 Å². The van der Waals surface area contributed by atoms with E-state index in [1.54, 1.807) is 6.20 Å². The van der Waals surface area contributed by atoms with Gasteiger partial charge in [0.2, 0.25) is 0 Å². The van der Waals surface area contributed by atoms with Crippen LogP contribution in [0, 0.1) is 6.92 Å². The summed E-state index contributed by atoms with van der Waals surface area (Å²) in [7, 11) is 0. The van der Waals surface area contributed by atoms with E-state index in [4.69, 9.17) is 10.2 Å². The molecule has 3 aromatic rings. The molecule has 0 spiro atoms. The zero-order valence-corrected chi connectivity index (χ0v) is 13.2. The number of hydrogen-bond donors (Lipinski definition) is 2. The van der Waals surface area contributed by atoms with Crippen molar-refractivity contribution < 1.29 is 4.42 Å². The summed E-state index contributed by atoms with van der Waals surface area (Å²) < 4.78 is 6.63. The summed E-state index contributed by atoms with van der Waals surface area (Å²) in [5.41, 5.74) is 7.75. The molecule has 2 aromatic heterocycles. The normalized spacial score (nSPS) is 12.5. The van der Waals surface area contributed by atoms with Crippen molar-refractivity contribution in [2.24, 2.45) is 5.73 Å². The van der Waals surface area contributed by atoms with E-state index in [0.717, 1.165) is 32.6 Å². The lowest BCUT2D eigenvalue weighted by Crippen LogP contribution is -2.20. The Hall–Kier alpha value is -1.85. The van der Waals surface area contributed by atoms with Crippen LogP contribution in [-0.4, -0.2) is 11.5 Å². The summed E-state index contributed by atoms with van der Waals surface area (Å²) >= 11 is 3.44. The lowest BCUT2D eigenvalue weighted by atomic mass is 10.1. The quantitative estimate of drug-likeness (QED) is 0.749. The molecule has 5 heteroatoms. The molecule has 0 saturated heterocycles. The summed E-state index contributed by atoms with van der Waals surface area (Å²) in [5.74, 6) is 1.72. The fourth-order valence-electron chi connectivity index (χ4n) is 2.33. The molecule has 0 aliphatic heterocycles.